The van der Waals surface area contributed by atoms with Gasteiger partial charge in [-0.25, -0.2) is 4.39 Å². The van der Waals surface area contributed by atoms with Crippen molar-refractivity contribution in [2.75, 3.05) is 6.54 Å². The zero-order chi connectivity index (χ0) is 14.1. The molecule has 5 heteroatoms. The minimum Gasteiger partial charge on any atom is -0.337 e. The van der Waals surface area contributed by atoms with E-state index in [1.165, 1.54) is 12.1 Å². The number of aromatic nitrogens is 2. The van der Waals surface area contributed by atoms with E-state index >= 15 is 0 Å². The molecule has 1 amide bonds. The predicted octanol–water partition coefficient (Wildman–Crippen LogP) is 2.44. The summed E-state index contributed by atoms with van der Waals surface area (Å²) in [6.07, 6.45) is 0.886. The number of benzene rings is 1. The van der Waals surface area contributed by atoms with Crippen LogP contribution in [0.3, 0.4) is 0 Å². The lowest BCUT2D eigenvalue weighted by Crippen LogP contribution is -2.28. The van der Waals surface area contributed by atoms with Crippen molar-refractivity contribution in [2.45, 2.75) is 26.4 Å². The summed E-state index contributed by atoms with van der Waals surface area (Å²) in [5.74, 6) is -0.192. The second-order valence-electron chi connectivity index (χ2n) is 5.05. The Balaban J connectivity index is 1.94. The lowest BCUT2D eigenvalue weighted by atomic mass is 10.1. The van der Waals surface area contributed by atoms with Gasteiger partial charge < -0.3 is 4.90 Å². The fourth-order valence-corrected chi connectivity index (χ4v) is 2.52. The highest BCUT2D eigenvalue weighted by molar-refractivity contribution is 5.73. The number of amides is 1. The van der Waals surface area contributed by atoms with Crippen LogP contribution in [0.4, 0.5) is 4.39 Å². The Kier molecular flexibility index (Phi) is 3.26. The SMILES string of the molecule is CC(=O)N1CCCn2nc(-c3cccc(F)c3)cc2C1. The Labute approximate surface area is 116 Å². The summed E-state index contributed by atoms with van der Waals surface area (Å²) >= 11 is 0. The normalized spacial score (nSPS) is 14.8. The third-order valence-electron chi connectivity index (χ3n) is 3.58. The van der Waals surface area contributed by atoms with Crippen molar-refractivity contribution in [3.05, 3.63) is 41.8 Å². The second-order valence-corrected chi connectivity index (χ2v) is 5.05. The van der Waals surface area contributed by atoms with E-state index in [1.54, 1.807) is 13.0 Å². The topological polar surface area (TPSA) is 38.1 Å². The summed E-state index contributed by atoms with van der Waals surface area (Å²) in [7, 11) is 0. The number of hydrogen-bond donors (Lipinski definition) is 0. The molecular weight excluding hydrogens is 257 g/mol. The van der Waals surface area contributed by atoms with Gasteiger partial charge in [-0.15, -0.1) is 0 Å². The summed E-state index contributed by atoms with van der Waals surface area (Å²) in [4.78, 5) is 13.3. The molecule has 1 aliphatic heterocycles. The molecular formula is C15H16FN3O. The van der Waals surface area contributed by atoms with Gasteiger partial charge in [-0.2, -0.15) is 5.10 Å². The van der Waals surface area contributed by atoms with Gasteiger partial charge in [0.05, 0.1) is 17.9 Å². The molecule has 104 valence electrons. The Bertz CT molecular complexity index is 650. The minimum absolute atomic E-state index is 0.0759. The summed E-state index contributed by atoms with van der Waals surface area (Å²) in [6, 6.07) is 8.36. The van der Waals surface area contributed by atoms with Crippen molar-refractivity contribution in [3.8, 4) is 11.3 Å². The zero-order valence-electron chi connectivity index (χ0n) is 11.3. The van der Waals surface area contributed by atoms with Gasteiger partial charge in [0.2, 0.25) is 5.91 Å². The molecule has 20 heavy (non-hydrogen) atoms. The molecule has 0 fully saturated rings. The lowest BCUT2D eigenvalue weighted by Gasteiger charge is -2.17. The monoisotopic (exact) mass is 273 g/mol. The standard InChI is InChI=1S/C15H16FN3O/c1-11(20)18-6-3-7-19-14(10-18)9-15(17-19)12-4-2-5-13(16)8-12/h2,4-5,8-9H,3,6-7,10H2,1H3. The number of hydrogen-bond acceptors (Lipinski definition) is 2. The minimum atomic E-state index is -0.268. The van der Waals surface area contributed by atoms with Crippen LogP contribution in [0, 0.1) is 5.82 Å². The van der Waals surface area contributed by atoms with E-state index in [2.05, 4.69) is 5.10 Å². The summed E-state index contributed by atoms with van der Waals surface area (Å²) in [6.45, 7) is 3.69. The van der Waals surface area contributed by atoms with Crippen molar-refractivity contribution >= 4 is 5.91 Å². The average molecular weight is 273 g/mol. The number of nitrogens with zero attached hydrogens (tertiary/aromatic N) is 3. The fraction of sp³-hybridized carbons (Fsp3) is 0.333. The van der Waals surface area contributed by atoms with E-state index in [1.807, 2.05) is 21.7 Å². The first kappa shape index (κ1) is 12.8. The predicted molar refractivity (Wildman–Crippen MR) is 73.3 cm³/mol. The highest BCUT2D eigenvalue weighted by Crippen LogP contribution is 2.22. The van der Waals surface area contributed by atoms with Gasteiger partial charge in [0.1, 0.15) is 5.82 Å². The molecule has 0 aliphatic carbocycles. The molecule has 3 rings (SSSR count). The summed E-state index contributed by atoms with van der Waals surface area (Å²) in [5.41, 5.74) is 2.52. The molecule has 0 radical (unpaired) electrons. The Morgan fingerprint density at radius 1 is 1.30 bits per heavy atom. The molecule has 1 aromatic heterocycles. The molecule has 0 saturated heterocycles. The first-order valence-electron chi connectivity index (χ1n) is 6.71. The van der Waals surface area contributed by atoms with Crippen LogP contribution < -0.4 is 0 Å². The van der Waals surface area contributed by atoms with Crippen molar-refractivity contribution < 1.29 is 9.18 Å². The van der Waals surface area contributed by atoms with Crippen LogP contribution in [0.1, 0.15) is 19.0 Å². The maximum Gasteiger partial charge on any atom is 0.219 e. The molecule has 1 aliphatic rings. The molecule has 0 bridgehead atoms. The van der Waals surface area contributed by atoms with Crippen LogP contribution >= 0.6 is 0 Å². The fourth-order valence-electron chi connectivity index (χ4n) is 2.52. The van der Waals surface area contributed by atoms with E-state index < -0.39 is 0 Å². The summed E-state index contributed by atoms with van der Waals surface area (Å²) < 4.78 is 15.2. The van der Waals surface area contributed by atoms with Crippen molar-refractivity contribution in [2.24, 2.45) is 0 Å². The molecule has 0 spiro atoms. The van der Waals surface area contributed by atoms with E-state index in [9.17, 15) is 9.18 Å². The number of aryl methyl sites for hydroxylation is 1. The number of carbonyl (C=O) groups excluding carboxylic acids is 1. The smallest absolute Gasteiger partial charge is 0.219 e. The molecule has 0 atom stereocenters. The second kappa shape index (κ2) is 5.07. The van der Waals surface area contributed by atoms with Gasteiger partial charge in [0.15, 0.2) is 0 Å². The maximum absolute atomic E-state index is 13.3. The van der Waals surface area contributed by atoms with Crippen molar-refractivity contribution in [1.82, 2.24) is 14.7 Å². The first-order valence-corrected chi connectivity index (χ1v) is 6.71. The third kappa shape index (κ3) is 2.43. The molecule has 2 aromatic rings. The molecule has 0 unspecified atom stereocenters. The van der Waals surface area contributed by atoms with Crippen LogP contribution in [0.15, 0.2) is 30.3 Å². The average Bonchev–Trinajstić information content (AvgIpc) is 2.70. The highest BCUT2D eigenvalue weighted by Gasteiger charge is 2.18. The van der Waals surface area contributed by atoms with E-state index in [4.69, 9.17) is 0 Å². The highest BCUT2D eigenvalue weighted by atomic mass is 19.1. The van der Waals surface area contributed by atoms with Gasteiger partial charge in [0.25, 0.3) is 0 Å². The van der Waals surface area contributed by atoms with Crippen LogP contribution in [-0.2, 0) is 17.9 Å². The third-order valence-corrected chi connectivity index (χ3v) is 3.58. The van der Waals surface area contributed by atoms with Gasteiger partial charge in [-0.1, -0.05) is 12.1 Å². The van der Waals surface area contributed by atoms with Crippen LogP contribution in [0.25, 0.3) is 11.3 Å². The van der Waals surface area contributed by atoms with Gasteiger partial charge in [-0.05, 0) is 24.6 Å². The molecule has 4 nitrogen and oxygen atoms in total. The number of rotatable bonds is 1. The quantitative estimate of drug-likeness (QED) is 0.800. The number of carbonyl (C=O) groups is 1. The number of fused-ring (bicyclic) bond motifs is 1. The summed E-state index contributed by atoms with van der Waals surface area (Å²) in [5, 5.41) is 4.53. The van der Waals surface area contributed by atoms with Crippen molar-refractivity contribution in [1.29, 1.82) is 0 Å². The van der Waals surface area contributed by atoms with Gasteiger partial charge in [-0.3, -0.25) is 9.48 Å². The Morgan fingerprint density at radius 3 is 2.90 bits per heavy atom. The number of halogens is 1. The van der Waals surface area contributed by atoms with Crippen LogP contribution in [-0.4, -0.2) is 27.1 Å². The molecule has 2 heterocycles. The molecule has 0 saturated carbocycles. The largest absolute Gasteiger partial charge is 0.337 e. The van der Waals surface area contributed by atoms with E-state index in [0.29, 0.717) is 6.54 Å². The maximum atomic E-state index is 13.3. The molecule has 0 N–H and O–H groups in total. The van der Waals surface area contributed by atoms with Crippen LogP contribution in [0.2, 0.25) is 0 Å². The van der Waals surface area contributed by atoms with Crippen molar-refractivity contribution in [3.63, 3.8) is 0 Å². The van der Waals surface area contributed by atoms with Crippen LogP contribution in [0.5, 0.6) is 0 Å². The van der Waals surface area contributed by atoms with E-state index in [0.717, 1.165) is 36.5 Å². The molecule has 1 aromatic carbocycles. The van der Waals surface area contributed by atoms with Gasteiger partial charge >= 0.3 is 0 Å². The van der Waals surface area contributed by atoms with E-state index in [-0.39, 0.29) is 11.7 Å². The van der Waals surface area contributed by atoms with Gasteiger partial charge in [0, 0.05) is 25.6 Å². The zero-order valence-corrected chi connectivity index (χ0v) is 11.3. The Hall–Kier alpha value is -2.17. The first-order chi connectivity index (χ1) is 9.63. The lowest BCUT2D eigenvalue weighted by molar-refractivity contribution is -0.129. The Morgan fingerprint density at radius 2 is 2.15 bits per heavy atom.